The number of amides is 1. The highest BCUT2D eigenvalue weighted by Gasteiger charge is 2.58. The third-order valence-corrected chi connectivity index (χ3v) is 4.95. The zero-order chi connectivity index (χ0) is 16.0. The summed E-state index contributed by atoms with van der Waals surface area (Å²) >= 11 is 0. The van der Waals surface area contributed by atoms with E-state index in [9.17, 15) is 23.1 Å². The number of pyridine rings is 1. The number of nitrogens with zero attached hydrogens (tertiary/aromatic N) is 2. The molecule has 120 valence electrons. The van der Waals surface area contributed by atoms with Gasteiger partial charge in [0.2, 0.25) is 0 Å². The van der Waals surface area contributed by atoms with Crippen LogP contribution in [0.1, 0.15) is 36.2 Å². The van der Waals surface area contributed by atoms with Crippen molar-refractivity contribution in [3.8, 4) is 5.75 Å². The molecule has 3 rings (SSSR count). The first-order valence-electron chi connectivity index (χ1n) is 7.33. The summed E-state index contributed by atoms with van der Waals surface area (Å²) in [5, 5.41) is 9.70. The molecule has 2 fully saturated rings. The van der Waals surface area contributed by atoms with E-state index in [0.29, 0.717) is 12.8 Å². The molecular weight excluding hydrogens is 297 g/mol. The van der Waals surface area contributed by atoms with Crippen molar-refractivity contribution in [1.82, 2.24) is 9.88 Å². The van der Waals surface area contributed by atoms with Crippen LogP contribution in [-0.2, 0) is 0 Å². The average molecular weight is 314 g/mol. The van der Waals surface area contributed by atoms with Crippen molar-refractivity contribution >= 4 is 5.91 Å². The van der Waals surface area contributed by atoms with Gasteiger partial charge in [-0.2, -0.15) is 13.2 Å². The number of hydrogen-bond donors (Lipinski definition) is 1. The molecule has 2 aliphatic rings. The molecule has 0 radical (unpaired) electrons. The zero-order valence-corrected chi connectivity index (χ0v) is 11.9. The van der Waals surface area contributed by atoms with E-state index in [0.717, 1.165) is 6.42 Å². The molecule has 1 aliphatic carbocycles. The third kappa shape index (κ3) is 2.42. The van der Waals surface area contributed by atoms with Gasteiger partial charge in [0.1, 0.15) is 5.75 Å². The minimum absolute atomic E-state index is 0.0424. The number of carbonyl (C=O) groups is 1. The summed E-state index contributed by atoms with van der Waals surface area (Å²) in [5.74, 6) is -2.08. The number of hydrogen-bond acceptors (Lipinski definition) is 3. The minimum Gasteiger partial charge on any atom is -0.505 e. The molecule has 1 aromatic rings. The Kier molecular flexibility index (Phi) is 3.53. The molecule has 2 heterocycles. The van der Waals surface area contributed by atoms with Gasteiger partial charge < -0.3 is 10.0 Å². The van der Waals surface area contributed by atoms with Gasteiger partial charge in [-0.1, -0.05) is 6.42 Å². The van der Waals surface area contributed by atoms with E-state index in [1.54, 1.807) is 0 Å². The summed E-state index contributed by atoms with van der Waals surface area (Å²) in [7, 11) is 0. The second-order valence-electron chi connectivity index (χ2n) is 6.20. The molecule has 7 heteroatoms. The minimum atomic E-state index is -4.22. The van der Waals surface area contributed by atoms with Crippen molar-refractivity contribution in [3.05, 3.63) is 24.0 Å². The van der Waals surface area contributed by atoms with Crippen molar-refractivity contribution in [2.45, 2.75) is 31.9 Å². The van der Waals surface area contributed by atoms with Gasteiger partial charge in [-0.05, 0) is 36.8 Å². The molecule has 1 N–H and O–H groups in total. The maximum atomic E-state index is 13.2. The van der Waals surface area contributed by atoms with E-state index in [1.807, 2.05) is 0 Å². The average Bonchev–Trinajstić information content (AvgIpc) is 2.44. The van der Waals surface area contributed by atoms with E-state index in [-0.39, 0.29) is 31.0 Å². The van der Waals surface area contributed by atoms with Crippen LogP contribution in [0.2, 0.25) is 0 Å². The van der Waals surface area contributed by atoms with Gasteiger partial charge in [0.15, 0.2) is 5.69 Å². The summed E-state index contributed by atoms with van der Waals surface area (Å²) in [6, 6.07) is 2.84. The zero-order valence-electron chi connectivity index (χ0n) is 11.9. The van der Waals surface area contributed by atoms with Crippen LogP contribution in [0.5, 0.6) is 5.75 Å². The van der Waals surface area contributed by atoms with E-state index in [2.05, 4.69) is 4.98 Å². The Morgan fingerprint density at radius 1 is 1.41 bits per heavy atom. The lowest BCUT2D eigenvalue weighted by Crippen LogP contribution is -2.57. The molecule has 4 nitrogen and oxygen atoms in total. The number of alkyl halides is 3. The second-order valence-corrected chi connectivity index (χ2v) is 6.20. The van der Waals surface area contributed by atoms with Gasteiger partial charge >= 0.3 is 6.18 Å². The lowest BCUT2D eigenvalue weighted by molar-refractivity contribution is -0.235. The third-order valence-electron chi connectivity index (χ3n) is 4.95. The molecule has 0 bridgehead atoms. The molecular formula is C15H17F3N2O2. The van der Waals surface area contributed by atoms with Gasteiger partial charge in [0.25, 0.3) is 5.91 Å². The normalized spacial score (nSPS) is 24.1. The molecule has 1 aromatic heterocycles. The van der Waals surface area contributed by atoms with Crippen molar-refractivity contribution in [2.24, 2.45) is 11.3 Å². The lowest BCUT2D eigenvalue weighted by Gasteiger charge is -2.54. The molecule has 1 saturated heterocycles. The summed E-state index contributed by atoms with van der Waals surface area (Å²) < 4.78 is 39.7. The summed E-state index contributed by atoms with van der Waals surface area (Å²) in [5.41, 5.74) is -0.946. The first-order valence-corrected chi connectivity index (χ1v) is 7.33. The van der Waals surface area contributed by atoms with Gasteiger partial charge in [-0.25, -0.2) is 4.98 Å². The number of rotatable bonds is 1. The predicted molar refractivity (Wildman–Crippen MR) is 72.3 cm³/mol. The van der Waals surface area contributed by atoms with Crippen LogP contribution in [0.3, 0.4) is 0 Å². The summed E-state index contributed by atoms with van der Waals surface area (Å²) in [4.78, 5) is 17.7. The van der Waals surface area contributed by atoms with Crippen LogP contribution in [-0.4, -0.2) is 40.2 Å². The Morgan fingerprint density at radius 2 is 2.14 bits per heavy atom. The van der Waals surface area contributed by atoms with Gasteiger partial charge in [-0.3, -0.25) is 4.79 Å². The summed E-state index contributed by atoms with van der Waals surface area (Å²) in [6.45, 7) is 0.132. The monoisotopic (exact) mass is 314 g/mol. The smallest absolute Gasteiger partial charge is 0.392 e. The predicted octanol–water partition coefficient (Wildman–Crippen LogP) is 2.98. The van der Waals surface area contributed by atoms with E-state index < -0.39 is 23.4 Å². The van der Waals surface area contributed by atoms with Crippen LogP contribution in [0.25, 0.3) is 0 Å². The fourth-order valence-electron chi connectivity index (χ4n) is 3.69. The topological polar surface area (TPSA) is 53.4 Å². The van der Waals surface area contributed by atoms with E-state index in [1.165, 1.54) is 23.2 Å². The number of aromatic hydroxyl groups is 1. The SMILES string of the molecule is O=C(c1ncccc1O)N1CCC(C(F)(F)F)C2(CCC2)C1. The Hall–Kier alpha value is -1.79. The highest BCUT2D eigenvalue weighted by Crippen LogP contribution is 2.56. The highest BCUT2D eigenvalue weighted by molar-refractivity contribution is 5.94. The molecule has 1 amide bonds. The fourth-order valence-corrected chi connectivity index (χ4v) is 3.69. The molecule has 1 unspecified atom stereocenters. The number of aromatic nitrogens is 1. The quantitative estimate of drug-likeness (QED) is 0.867. The van der Waals surface area contributed by atoms with Gasteiger partial charge in [-0.15, -0.1) is 0 Å². The highest BCUT2D eigenvalue weighted by atomic mass is 19.4. The van der Waals surface area contributed by atoms with Crippen molar-refractivity contribution in [1.29, 1.82) is 0 Å². The number of likely N-dealkylation sites (tertiary alicyclic amines) is 1. The maximum absolute atomic E-state index is 13.2. The Bertz CT molecular complexity index is 584. The maximum Gasteiger partial charge on any atom is 0.392 e. The number of piperidine rings is 1. The van der Waals surface area contributed by atoms with E-state index in [4.69, 9.17) is 0 Å². The van der Waals surface area contributed by atoms with E-state index >= 15 is 0 Å². The second kappa shape index (κ2) is 5.14. The molecule has 1 aliphatic heterocycles. The lowest BCUT2D eigenvalue weighted by atomic mass is 9.58. The molecule has 1 atom stereocenters. The largest absolute Gasteiger partial charge is 0.505 e. The molecule has 22 heavy (non-hydrogen) atoms. The van der Waals surface area contributed by atoms with Crippen molar-refractivity contribution < 1.29 is 23.1 Å². The Morgan fingerprint density at radius 3 is 2.68 bits per heavy atom. The Labute approximate surface area is 126 Å². The molecule has 0 aromatic carbocycles. The first-order chi connectivity index (χ1) is 10.3. The first kappa shape index (κ1) is 15.1. The fraction of sp³-hybridized carbons (Fsp3) is 0.600. The van der Waals surface area contributed by atoms with Crippen LogP contribution in [0, 0.1) is 11.3 Å². The molecule has 1 saturated carbocycles. The molecule has 1 spiro atoms. The van der Waals surface area contributed by atoms with Crippen LogP contribution >= 0.6 is 0 Å². The van der Waals surface area contributed by atoms with Crippen molar-refractivity contribution in [3.63, 3.8) is 0 Å². The van der Waals surface area contributed by atoms with Gasteiger partial charge in [0.05, 0.1) is 5.92 Å². The number of carbonyl (C=O) groups excluding carboxylic acids is 1. The Balaban J connectivity index is 1.81. The van der Waals surface area contributed by atoms with Crippen LogP contribution in [0.4, 0.5) is 13.2 Å². The van der Waals surface area contributed by atoms with Crippen LogP contribution in [0.15, 0.2) is 18.3 Å². The van der Waals surface area contributed by atoms with Crippen LogP contribution < -0.4 is 0 Å². The summed E-state index contributed by atoms with van der Waals surface area (Å²) in [6.07, 6.45) is -1.16. The standard InChI is InChI=1S/C15H17F3N2O2/c16-15(17,18)11-4-8-20(9-14(11)5-2-6-14)13(22)12-10(21)3-1-7-19-12/h1,3,7,11,21H,2,4-6,8-9H2. The van der Waals surface area contributed by atoms with Gasteiger partial charge in [0, 0.05) is 19.3 Å². The number of halogens is 3. The van der Waals surface area contributed by atoms with Crippen molar-refractivity contribution in [2.75, 3.05) is 13.1 Å².